The number of hydrogen-bond acceptors (Lipinski definition) is 5. The summed E-state index contributed by atoms with van der Waals surface area (Å²) in [7, 11) is 1.68. The van der Waals surface area contributed by atoms with Crippen molar-refractivity contribution >= 4 is 17.3 Å². The van der Waals surface area contributed by atoms with E-state index in [0.717, 1.165) is 28.9 Å². The van der Waals surface area contributed by atoms with Crippen molar-refractivity contribution in [1.29, 1.82) is 0 Å². The van der Waals surface area contributed by atoms with E-state index in [4.69, 9.17) is 4.74 Å². The molecule has 5 nitrogen and oxygen atoms in total. The van der Waals surface area contributed by atoms with Gasteiger partial charge in [-0.2, -0.15) is 0 Å². The van der Waals surface area contributed by atoms with Crippen molar-refractivity contribution in [1.82, 2.24) is 9.97 Å². The second kappa shape index (κ2) is 8.19. The molecular formula is C20H28N4O. The Bertz CT molecular complexity index is 709. The molecule has 0 aliphatic heterocycles. The van der Waals surface area contributed by atoms with Gasteiger partial charge in [0.05, 0.1) is 12.8 Å². The van der Waals surface area contributed by atoms with Gasteiger partial charge in [-0.05, 0) is 44.4 Å². The molecule has 0 amide bonds. The summed E-state index contributed by atoms with van der Waals surface area (Å²) in [6.07, 6.45) is 7.73. The summed E-state index contributed by atoms with van der Waals surface area (Å²) in [5.41, 5.74) is 2.09. The molecule has 1 fully saturated rings. The van der Waals surface area contributed by atoms with Crippen LogP contribution in [-0.2, 0) is 0 Å². The van der Waals surface area contributed by atoms with Gasteiger partial charge < -0.3 is 15.4 Å². The van der Waals surface area contributed by atoms with Crippen LogP contribution in [0.5, 0.6) is 5.75 Å². The number of nitrogens with one attached hydrogen (secondary N) is 2. The second-order valence-corrected chi connectivity index (χ2v) is 6.85. The lowest BCUT2D eigenvalue weighted by Gasteiger charge is -2.18. The molecule has 3 rings (SSSR count). The molecule has 0 radical (unpaired) electrons. The molecule has 1 aromatic heterocycles. The van der Waals surface area contributed by atoms with Crippen LogP contribution in [0.1, 0.15) is 49.9 Å². The zero-order valence-electron chi connectivity index (χ0n) is 15.4. The molecule has 1 heterocycles. The third kappa shape index (κ3) is 4.84. The highest BCUT2D eigenvalue weighted by Crippen LogP contribution is 2.29. The molecule has 2 aromatic rings. The average Bonchev–Trinajstić information content (AvgIpc) is 2.83. The topological polar surface area (TPSA) is 59.1 Å². The Hall–Kier alpha value is -2.30. The van der Waals surface area contributed by atoms with E-state index < -0.39 is 0 Å². The molecule has 1 aliphatic rings. The van der Waals surface area contributed by atoms with Gasteiger partial charge in [-0.3, -0.25) is 0 Å². The van der Waals surface area contributed by atoms with Gasteiger partial charge in [-0.1, -0.05) is 31.7 Å². The lowest BCUT2D eigenvalue weighted by molar-refractivity contribution is 0.416. The molecule has 0 atom stereocenters. The predicted octanol–water partition coefficient (Wildman–Crippen LogP) is 4.98. The lowest BCUT2D eigenvalue weighted by Crippen LogP contribution is -2.19. The fourth-order valence-corrected chi connectivity index (χ4v) is 3.40. The van der Waals surface area contributed by atoms with Crippen molar-refractivity contribution in [3.63, 3.8) is 0 Å². The fourth-order valence-electron chi connectivity index (χ4n) is 3.40. The first kappa shape index (κ1) is 17.5. The third-order valence-corrected chi connectivity index (χ3v) is 4.66. The molecule has 0 spiro atoms. The number of rotatable bonds is 5. The maximum absolute atomic E-state index is 5.45. The minimum Gasteiger partial charge on any atom is -0.495 e. The summed E-state index contributed by atoms with van der Waals surface area (Å²) >= 11 is 0. The van der Waals surface area contributed by atoms with Crippen LogP contribution in [0, 0.1) is 13.8 Å². The average molecular weight is 340 g/mol. The first-order valence-corrected chi connectivity index (χ1v) is 9.18. The monoisotopic (exact) mass is 340 g/mol. The van der Waals surface area contributed by atoms with Crippen LogP contribution in [0.15, 0.2) is 24.3 Å². The number of benzene rings is 1. The van der Waals surface area contributed by atoms with Crippen LogP contribution in [0.2, 0.25) is 0 Å². The number of ether oxygens (including phenoxy) is 1. The van der Waals surface area contributed by atoms with E-state index in [9.17, 15) is 0 Å². The standard InChI is InChI=1S/C20H28N4O/c1-14-10-11-18(25-3)17(12-14)24-20-13-19(21-15(2)22-20)23-16-8-6-4-5-7-9-16/h10-13,16H,4-9H2,1-3H3,(H2,21,22,23,24). The van der Waals surface area contributed by atoms with Gasteiger partial charge in [0.1, 0.15) is 23.2 Å². The van der Waals surface area contributed by atoms with E-state index in [1.165, 1.54) is 44.1 Å². The highest BCUT2D eigenvalue weighted by atomic mass is 16.5. The predicted molar refractivity (Wildman–Crippen MR) is 103 cm³/mol. The first-order chi connectivity index (χ1) is 12.1. The van der Waals surface area contributed by atoms with Gasteiger partial charge in [0, 0.05) is 12.1 Å². The van der Waals surface area contributed by atoms with Crippen molar-refractivity contribution in [3.05, 3.63) is 35.7 Å². The largest absolute Gasteiger partial charge is 0.495 e. The van der Waals surface area contributed by atoms with Gasteiger partial charge in [0.15, 0.2) is 0 Å². The van der Waals surface area contributed by atoms with Gasteiger partial charge in [-0.15, -0.1) is 0 Å². The Morgan fingerprint density at radius 3 is 2.40 bits per heavy atom. The molecule has 134 valence electrons. The Morgan fingerprint density at radius 1 is 0.960 bits per heavy atom. The van der Waals surface area contributed by atoms with Crippen molar-refractivity contribution in [3.8, 4) is 5.75 Å². The Morgan fingerprint density at radius 2 is 1.68 bits per heavy atom. The highest BCUT2D eigenvalue weighted by molar-refractivity contribution is 5.66. The Balaban J connectivity index is 1.78. The van der Waals surface area contributed by atoms with Crippen LogP contribution >= 0.6 is 0 Å². The molecule has 1 aliphatic carbocycles. The summed E-state index contributed by atoms with van der Waals surface area (Å²) < 4.78 is 5.45. The van der Waals surface area contributed by atoms with E-state index in [1.54, 1.807) is 7.11 Å². The van der Waals surface area contributed by atoms with Crippen LogP contribution in [0.4, 0.5) is 17.3 Å². The van der Waals surface area contributed by atoms with E-state index in [2.05, 4.69) is 33.6 Å². The first-order valence-electron chi connectivity index (χ1n) is 9.18. The summed E-state index contributed by atoms with van der Waals surface area (Å²) in [4.78, 5) is 9.09. The number of nitrogens with zero attached hydrogens (tertiary/aromatic N) is 2. The Labute approximate surface area is 150 Å². The third-order valence-electron chi connectivity index (χ3n) is 4.66. The summed E-state index contributed by atoms with van der Waals surface area (Å²) in [5, 5.41) is 6.98. The van der Waals surface area contributed by atoms with E-state index in [-0.39, 0.29) is 0 Å². The van der Waals surface area contributed by atoms with Crippen molar-refractivity contribution < 1.29 is 4.74 Å². The minimum atomic E-state index is 0.512. The van der Waals surface area contributed by atoms with Crippen molar-refractivity contribution in [2.75, 3.05) is 17.7 Å². The van der Waals surface area contributed by atoms with E-state index in [0.29, 0.717) is 6.04 Å². The number of anilines is 3. The number of hydrogen-bond donors (Lipinski definition) is 2. The number of aromatic nitrogens is 2. The van der Waals surface area contributed by atoms with Gasteiger partial charge in [0.2, 0.25) is 0 Å². The zero-order chi connectivity index (χ0) is 17.6. The van der Waals surface area contributed by atoms with Crippen LogP contribution < -0.4 is 15.4 Å². The number of methoxy groups -OCH3 is 1. The van der Waals surface area contributed by atoms with E-state index in [1.807, 2.05) is 25.1 Å². The maximum atomic E-state index is 5.45. The van der Waals surface area contributed by atoms with Crippen LogP contribution in [-0.4, -0.2) is 23.1 Å². The normalized spacial score (nSPS) is 15.5. The molecule has 5 heteroatoms. The van der Waals surface area contributed by atoms with Crippen LogP contribution in [0.25, 0.3) is 0 Å². The molecule has 0 bridgehead atoms. The lowest BCUT2D eigenvalue weighted by atomic mass is 10.1. The molecule has 1 saturated carbocycles. The molecule has 0 saturated heterocycles. The number of aryl methyl sites for hydroxylation is 2. The minimum absolute atomic E-state index is 0.512. The molecular weight excluding hydrogens is 312 g/mol. The van der Waals surface area contributed by atoms with Gasteiger partial charge >= 0.3 is 0 Å². The second-order valence-electron chi connectivity index (χ2n) is 6.85. The van der Waals surface area contributed by atoms with Crippen molar-refractivity contribution in [2.45, 2.75) is 58.4 Å². The molecule has 2 N–H and O–H groups in total. The van der Waals surface area contributed by atoms with Gasteiger partial charge in [0.25, 0.3) is 0 Å². The summed E-state index contributed by atoms with van der Waals surface area (Å²) in [5.74, 6) is 3.24. The molecule has 1 aromatic carbocycles. The fraction of sp³-hybridized carbons (Fsp3) is 0.500. The van der Waals surface area contributed by atoms with E-state index >= 15 is 0 Å². The zero-order valence-corrected chi connectivity index (χ0v) is 15.4. The Kier molecular flexibility index (Phi) is 5.74. The smallest absolute Gasteiger partial charge is 0.142 e. The van der Waals surface area contributed by atoms with Crippen molar-refractivity contribution in [2.24, 2.45) is 0 Å². The summed E-state index contributed by atoms with van der Waals surface area (Å²) in [6, 6.07) is 8.57. The molecule has 25 heavy (non-hydrogen) atoms. The quantitative estimate of drug-likeness (QED) is 0.752. The maximum Gasteiger partial charge on any atom is 0.142 e. The SMILES string of the molecule is COc1ccc(C)cc1Nc1cc(NC2CCCCCC2)nc(C)n1. The highest BCUT2D eigenvalue weighted by Gasteiger charge is 2.14. The summed E-state index contributed by atoms with van der Waals surface area (Å²) in [6.45, 7) is 3.99. The van der Waals surface area contributed by atoms with Crippen LogP contribution in [0.3, 0.4) is 0 Å². The molecule has 0 unspecified atom stereocenters. The van der Waals surface area contributed by atoms with Gasteiger partial charge in [-0.25, -0.2) is 9.97 Å².